The van der Waals surface area contributed by atoms with Crippen molar-refractivity contribution in [1.29, 1.82) is 0 Å². The van der Waals surface area contributed by atoms with Crippen LogP contribution in [-0.2, 0) is 0 Å². The second-order valence-corrected chi connectivity index (χ2v) is 9.35. The smallest absolute Gasteiger partial charge is 0.147 e. The van der Waals surface area contributed by atoms with Crippen LogP contribution in [-0.4, -0.2) is 59.4 Å². The molecule has 2 saturated heterocycles. The first-order valence-corrected chi connectivity index (χ1v) is 12.1. The zero-order valence-electron chi connectivity index (χ0n) is 19.8. The summed E-state index contributed by atoms with van der Waals surface area (Å²) in [5, 5.41) is 0.648. The number of likely N-dealkylation sites (tertiary alicyclic amines) is 1. The molecule has 8 heteroatoms. The summed E-state index contributed by atoms with van der Waals surface area (Å²) in [6.07, 6.45) is 5.94. The van der Waals surface area contributed by atoms with Gasteiger partial charge in [-0.25, -0.2) is 14.4 Å². The van der Waals surface area contributed by atoms with Gasteiger partial charge in [0.15, 0.2) is 0 Å². The first-order chi connectivity index (χ1) is 16.3. The number of benzene rings is 1. The van der Waals surface area contributed by atoms with Gasteiger partial charge < -0.3 is 20.4 Å². The van der Waals surface area contributed by atoms with Crippen LogP contribution in [0.25, 0.3) is 5.70 Å². The SMILES string of the molecule is C=C(/N=C(\C=C(/N)c1ccc(F)c(C)c1)N1CCN(c2ncccc2Cl)C[C@@H]1C)N1CCCC1. The van der Waals surface area contributed by atoms with Gasteiger partial charge in [0.1, 0.15) is 23.3 Å². The first kappa shape index (κ1) is 24.1. The number of hydrogen-bond donors (Lipinski definition) is 1. The molecule has 3 heterocycles. The first-order valence-electron chi connectivity index (χ1n) is 11.7. The van der Waals surface area contributed by atoms with Crippen molar-refractivity contribution in [3.8, 4) is 0 Å². The molecule has 4 rings (SSSR count). The molecule has 2 aliphatic heterocycles. The highest BCUT2D eigenvalue weighted by atomic mass is 35.5. The third-order valence-electron chi connectivity index (χ3n) is 6.45. The fourth-order valence-corrected chi connectivity index (χ4v) is 4.75. The number of hydrogen-bond acceptors (Lipinski definition) is 5. The topological polar surface area (TPSA) is 61.0 Å². The molecule has 2 N–H and O–H groups in total. The average Bonchev–Trinajstić information content (AvgIpc) is 3.36. The van der Waals surface area contributed by atoms with Crippen molar-refractivity contribution in [3.63, 3.8) is 0 Å². The van der Waals surface area contributed by atoms with E-state index in [0.717, 1.165) is 68.6 Å². The standard InChI is InChI=1S/C26H32ClFN6/c1-18-15-21(8-9-23(18)28)24(29)16-25(31-20(3)32-11-4-5-12-32)34-14-13-33(17-19(34)2)26-22(27)7-6-10-30-26/h6-10,15-16,19H,3-5,11-14,17,29H2,1-2H3/b24-16-,31-25+/t19-/m0/s1. The number of anilines is 1. The van der Waals surface area contributed by atoms with Crippen LogP contribution in [0.5, 0.6) is 0 Å². The minimum absolute atomic E-state index is 0.135. The van der Waals surface area contributed by atoms with E-state index in [1.165, 1.54) is 6.07 Å². The molecule has 1 aromatic carbocycles. The number of pyridine rings is 1. The Hall–Kier alpha value is -3.06. The van der Waals surface area contributed by atoms with Crippen LogP contribution >= 0.6 is 11.6 Å². The van der Waals surface area contributed by atoms with Crippen molar-refractivity contribution in [2.45, 2.75) is 32.7 Å². The van der Waals surface area contributed by atoms with E-state index in [0.29, 0.717) is 16.3 Å². The second-order valence-electron chi connectivity index (χ2n) is 8.94. The zero-order valence-corrected chi connectivity index (χ0v) is 20.6. The van der Waals surface area contributed by atoms with Gasteiger partial charge in [0.05, 0.1) is 5.02 Å². The lowest BCUT2D eigenvalue weighted by molar-refractivity contribution is 0.297. The molecule has 0 amide bonds. The maximum absolute atomic E-state index is 13.8. The summed E-state index contributed by atoms with van der Waals surface area (Å²) >= 11 is 6.39. The average molecular weight is 483 g/mol. The van der Waals surface area contributed by atoms with Crippen LogP contribution in [0.3, 0.4) is 0 Å². The summed E-state index contributed by atoms with van der Waals surface area (Å²) < 4.78 is 13.8. The van der Waals surface area contributed by atoms with E-state index in [9.17, 15) is 4.39 Å². The Bertz CT molecular complexity index is 1110. The number of amidine groups is 1. The monoisotopic (exact) mass is 482 g/mol. The predicted octanol–water partition coefficient (Wildman–Crippen LogP) is 4.66. The van der Waals surface area contributed by atoms with Crippen LogP contribution in [0, 0.1) is 12.7 Å². The normalized spacial score (nSPS) is 19.6. The van der Waals surface area contributed by atoms with Crippen LogP contribution in [0.2, 0.25) is 5.02 Å². The van der Waals surface area contributed by atoms with Gasteiger partial charge >= 0.3 is 0 Å². The number of nitrogens with two attached hydrogens (primary N) is 1. The van der Waals surface area contributed by atoms with E-state index in [-0.39, 0.29) is 11.9 Å². The third kappa shape index (κ3) is 5.36. The van der Waals surface area contributed by atoms with Gasteiger partial charge in [0, 0.05) is 56.7 Å². The number of aryl methyl sites for hydroxylation is 1. The zero-order chi connectivity index (χ0) is 24.2. The van der Waals surface area contributed by atoms with Crippen molar-refractivity contribution in [3.05, 3.63) is 77.0 Å². The maximum Gasteiger partial charge on any atom is 0.147 e. The largest absolute Gasteiger partial charge is 0.398 e. The Morgan fingerprint density at radius 2 is 2.00 bits per heavy atom. The van der Waals surface area contributed by atoms with E-state index >= 15 is 0 Å². The van der Waals surface area contributed by atoms with Gasteiger partial charge in [-0.3, -0.25) is 0 Å². The molecule has 34 heavy (non-hydrogen) atoms. The minimum Gasteiger partial charge on any atom is -0.398 e. The Labute approximate surface area is 206 Å². The molecule has 0 saturated carbocycles. The number of piperazine rings is 1. The third-order valence-corrected chi connectivity index (χ3v) is 6.75. The molecule has 0 radical (unpaired) electrons. The number of nitrogens with zero attached hydrogens (tertiary/aromatic N) is 5. The van der Waals surface area contributed by atoms with Crippen molar-refractivity contribution >= 4 is 29.0 Å². The predicted molar refractivity (Wildman–Crippen MR) is 138 cm³/mol. The fourth-order valence-electron chi connectivity index (χ4n) is 4.50. The summed E-state index contributed by atoms with van der Waals surface area (Å²) in [7, 11) is 0. The minimum atomic E-state index is -0.245. The van der Waals surface area contributed by atoms with Crippen molar-refractivity contribution in [1.82, 2.24) is 14.8 Å². The van der Waals surface area contributed by atoms with Gasteiger partial charge in [-0.05, 0) is 68.1 Å². The van der Waals surface area contributed by atoms with Crippen LogP contribution in [0.15, 0.2) is 60.0 Å². The summed E-state index contributed by atoms with van der Waals surface area (Å²) in [4.78, 5) is 16.1. The van der Waals surface area contributed by atoms with Gasteiger partial charge in [-0.1, -0.05) is 18.2 Å². The molecule has 1 aromatic heterocycles. The molecule has 0 aliphatic carbocycles. The number of aromatic nitrogens is 1. The number of halogens is 2. The summed E-state index contributed by atoms with van der Waals surface area (Å²) in [5.41, 5.74) is 8.35. The molecule has 1 atom stereocenters. The highest BCUT2D eigenvalue weighted by Gasteiger charge is 2.28. The molecule has 2 fully saturated rings. The van der Waals surface area contributed by atoms with E-state index in [4.69, 9.17) is 22.3 Å². The molecule has 2 aliphatic rings. The van der Waals surface area contributed by atoms with Crippen molar-refractivity contribution < 1.29 is 4.39 Å². The van der Waals surface area contributed by atoms with Crippen LogP contribution in [0.1, 0.15) is 30.9 Å². The van der Waals surface area contributed by atoms with E-state index in [1.54, 1.807) is 25.3 Å². The molecular weight excluding hydrogens is 451 g/mol. The Kier molecular flexibility index (Phi) is 7.41. The molecular formula is C26H32ClFN6. The number of rotatable bonds is 5. The lowest BCUT2D eigenvalue weighted by Gasteiger charge is -2.42. The summed E-state index contributed by atoms with van der Waals surface area (Å²) in [6.45, 7) is 12.3. The van der Waals surface area contributed by atoms with E-state index in [1.807, 2.05) is 18.2 Å². The molecule has 0 spiro atoms. The van der Waals surface area contributed by atoms with Gasteiger partial charge in [0.25, 0.3) is 0 Å². The van der Waals surface area contributed by atoms with Gasteiger partial charge in [-0.15, -0.1) is 0 Å². The van der Waals surface area contributed by atoms with Crippen molar-refractivity contribution in [2.75, 3.05) is 37.6 Å². The van der Waals surface area contributed by atoms with Crippen LogP contribution < -0.4 is 10.6 Å². The lowest BCUT2D eigenvalue weighted by Crippen LogP contribution is -2.54. The Balaban J connectivity index is 1.62. The number of aliphatic imine (C=N–C) groups is 1. The van der Waals surface area contributed by atoms with E-state index in [2.05, 4.69) is 33.2 Å². The quantitative estimate of drug-likeness (QED) is 0.496. The van der Waals surface area contributed by atoms with E-state index < -0.39 is 0 Å². The van der Waals surface area contributed by atoms with Gasteiger partial charge in [-0.2, -0.15) is 0 Å². The molecule has 0 unspecified atom stereocenters. The molecule has 2 aromatic rings. The van der Waals surface area contributed by atoms with Crippen LogP contribution in [0.4, 0.5) is 10.2 Å². The van der Waals surface area contributed by atoms with Crippen molar-refractivity contribution in [2.24, 2.45) is 10.7 Å². The Morgan fingerprint density at radius 3 is 2.68 bits per heavy atom. The lowest BCUT2D eigenvalue weighted by atomic mass is 10.1. The summed E-state index contributed by atoms with van der Waals surface area (Å²) in [5.74, 6) is 2.06. The Morgan fingerprint density at radius 1 is 1.24 bits per heavy atom. The van der Waals surface area contributed by atoms with Gasteiger partial charge in [0.2, 0.25) is 0 Å². The maximum atomic E-state index is 13.8. The summed E-state index contributed by atoms with van der Waals surface area (Å²) in [6, 6.07) is 8.75. The second kappa shape index (κ2) is 10.5. The molecule has 6 nitrogen and oxygen atoms in total. The highest BCUT2D eigenvalue weighted by molar-refractivity contribution is 6.32. The molecule has 0 bridgehead atoms. The fraction of sp³-hybridized carbons (Fsp3) is 0.385. The molecule has 180 valence electrons. The highest BCUT2D eigenvalue weighted by Crippen LogP contribution is 2.26.